The van der Waals surface area contributed by atoms with Crippen molar-refractivity contribution in [3.8, 4) is 0 Å². The number of aliphatic imine (C=N–C) groups is 1. The number of nitrogens with one attached hydrogen (secondary N) is 2. The van der Waals surface area contributed by atoms with E-state index in [1.165, 1.54) is 6.42 Å². The van der Waals surface area contributed by atoms with E-state index < -0.39 is 0 Å². The fraction of sp³-hybridized carbons (Fsp3) is 0.947. The fourth-order valence-electron chi connectivity index (χ4n) is 3.04. The molecule has 0 radical (unpaired) electrons. The summed E-state index contributed by atoms with van der Waals surface area (Å²) in [5.74, 6) is 1.61. The minimum Gasteiger partial charge on any atom is -0.382 e. The van der Waals surface area contributed by atoms with Crippen LogP contribution in [0.2, 0.25) is 0 Å². The predicted octanol–water partition coefficient (Wildman–Crippen LogP) is 2.11. The molecule has 0 aromatic carbocycles. The van der Waals surface area contributed by atoms with Crippen LogP contribution in [0.3, 0.4) is 0 Å². The van der Waals surface area contributed by atoms with Crippen LogP contribution >= 0.6 is 0 Å². The summed E-state index contributed by atoms with van der Waals surface area (Å²) in [5, 5.41) is 6.81. The minimum atomic E-state index is 0.498. The first-order valence-corrected chi connectivity index (χ1v) is 10.1. The largest absolute Gasteiger partial charge is 0.382 e. The molecule has 1 heterocycles. The normalized spacial score (nSPS) is 17.7. The molecule has 6 heteroatoms. The standard InChI is InChI=1S/C19H40N4O2/c1-5-20-19(21-9-7-8-12-24-6-2)22-16-18(15-17(3)4)23-10-13-25-14-11-23/h17-18H,5-16H2,1-4H3,(H2,20,21,22). The van der Waals surface area contributed by atoms with Crippen LogP contribution in [0.1, 0.15) is 47.0 Å². The van der Waals surface area contributed by atoms with E-state index in [-0.39, 0.29) is 0 Å². The molecule has 6 nitrogen and oxygen atoms in total. The topological polar surface area (TPSA) is 58.1 Å². The Morgan fingerprint density at radius 2 is 1.92 bits per heavy atom. The molecule has 1 aliphatic heterocycles. The van der Waals surface area contributed by atoms with Crippen molar-refractivity contribution < 1.29 is 9.47 Å². The van der Waals surface area contributed by atoms with Crippen molar-refractivity contribution in [2.45, 2.75) is 53.0 Å². The summed E-state index contributed by atoms with van der Waals surface area (Å²) in [7, 11) is 0. The van der Waals surface area contributed by atoms with Gasteiger partial charge in [-0.2, -0.15) is 0 Å². The molecule has 1 saturated heterocycles. The SMILES string of the molecule is CCNC(=NCC(CC(C)C)N1CCOCC1)NCCCCOCC. The number of nitrogens with zero attached hydrogens (tertiary/aromatic N) is 2. The molecule has 1 unspecified atom stereocenters. The number of unbranched alkanes of at least 4 members (excludes halogenated alkanes) is 1. The average molecular weight is 357 g/mol. The van der Waals surface area contributed by atoms with Crippen molar-refractivity contribution in [2.24, 2.45) is 10.9 Å². The zero-order valence-corrected chi connectivity index (χ0v) is 16.9. The molecule has 0 bridgehead atoms. The van der Waals surface area contributed by atoms with Crippen LogP contribution in [-0.2, 0) is 9.47 Å². The lowest BCUT2D eigenvalue weighted by Crippen LogP contribution is -2.46. The Hall–Kier alpha value is -0.850. The Morgan fingerprint density at radius 3 is 2.56 bits per heavy atom. The maximum atomic E-state index is 5.50. The zero-order chi connectivity index (χ0) is 18.3. The highest BCUT2D eigenvalue weighted by Crippen LogP contribution is 2.14. The lowest BCUT2D eigenvalue weighted by Gasteiger charge is -2.34. The van der Waals surface area contributed by atoms with Crippen LogP contribution in [0.25, 0.3) is 0 Å². The second-order valence-corrected chi connectivity index (χ2v) is 6.98. The summed E-state index contributed by atoms with van der Waals surface area (Å²) >= 11 is 0. The van der Waals surface area contributed by atoms with Crippen molar-refractivity contribution in [3.05, 3.63) is 0 Å². The van der Waals surface area contributed by atoms with Crippen molar-refractivity contribution in [2.75, 3.05) is 59.2 Å². The highest BCUT2D eigenvalue weighted by Gasteiger charge is 2.21. The van der Waals surface area contributed by atoms with Crippen LogP contribution < -0.4 is 10.6 Å². The first-order valence-electron chi connectivity index (χ1n) is 10.1. The predicted molar refractivity (Wildman–Crippen MR) is 105 cm³/mol. The van der Waals surface area contributed by atoms with Gasteiger partial charge in [0.15, 0.2) is 5.96 Å². The van der Waals surface area contributed by atoms with Crippen LogP contribution in [-0.4, -0.2) is 76.1 Å². The number of hydrogen-bond acceptors (Lipinski definition) is 4. The Kier molecular flexibility index (Phi) is 12.7. The number of ether oxygens (including phenoxy) is 2. The van der Waals surface area contributed by atoms with Gasteiger partial charge < -0.3 is 20.1 Å². The molecule has 0 aromatic rings. The van der Waals surface area contributed by atoms with Gasteiger partial charge >= 0.3 is 0 Å². The first kappa shape index (κ1) is 22.2. The maximum absolute atomic E-state index is 5.50. The van der Waals surface area contributed by atoms with Gasteiger partial charge in [-0.25, -0.2) is 0 Å². The third-order valence-electron chi connectivity index (χ3n) is 4.32. The summed E-state index contributed by atoms with van der Waals surface area (Å²) in [6.07, 6.45) is 3.37. The van der Waals surface area contributed by atoms with E-state index in [9.17, 15) is 0 Å². The van der Waals surface area contributed by atoms with Crippen molar-refractivity contribution >= 4 is 5.96 Å². The van der Waals surface area contributed by atoms with Gasteiger partial charge in [-0.05, 0) is 39.0 Å². The molecule has 1 atom stereocenters. The summed E-state index contributed by atoms with van der Waals surface area (Å²) in [6.45, 7) is 16.8. The summed E-state index contributed by atoms with van der Waals surface area (Å²) in [5.41, 5.74) is 0. The lowest BCUT2D eigenvalue weighted by molar-refractivity contribution is 0.0143. The smallest absolute Gasteiger partial charge is 0.191 e. The van der Waals surface area contributed by atoms with E-state index in [2.05, 4.69) is 36.3 Å². The molecule has 2 N–H and O–H groups in total. The number of rotatable bonds is 12. The molecule has 1 fully saturated rings. The van der Waals surface area contributed by atoms with Crippen LogP contribution in [0.5, 0.6) is 0 Å². The fourth-order valence-corrected chi connectivity index (χ4v) is 3.04. The third kappa shape index (κ3) is 10.7. The summed E-state index contributed by atoms with van der Waals surface area (Å²) in [6, 6.07) is 0.498. The molecule has 0 aliphatic carbocycles. The monoisotopic (exact) mass is 356 g/mol. The van der Waals surface area contributed by atoms with Crippen LogP contribution in [0.4, 0.5) is 0 Å². The highest BCUT2D eigenvalue weighted by molar-refractivity contribution is 5.79. The van der Waals surface area contributed by atoms with Crippen molar-refractivity contribution in [1.82, 2.24) is 15.5 Å². The van der Waals surface area contributed by atoms with Gasteiger partial charge in [0.05, 0.1) is 19.8 Å². The maximum Gasteiger partial charge on any atom is 0.191 e. The minimum absolute atomic E-state index is 0.498. The highest BCUT2D eigenvalue weighted by atomic mass is 16.5. The summed E-state index contributed by atoms with van der Waals surface area (Å²) in [4.78, 5) is 7.40. The van der Waals surface area contributed by atoms with Gasteiger partial charge in [-0.3, -0.25) is 9.89 Å². The molecule has 148 valence electrons. The van der Waals surface area contributed by atoms with E-state index >= 15 is 0 Å². The van der Waals surface area contributed by atoms with Gasteiger partial charge in [0.1, 0.15) is 0 Å². The van der Waals surface area contributed by atoms with E-state index in [1.807, 2.05) is 6.92 Å². The van der Waals surface area contributed by atoms with Gasteiger partial charge in [0.25, 0.3) is 0 Å². The molecule has 0 amide bonds. The third-order valence-corrected chi connectivity index (χ3v) is 4.32. The average Bonchev–Trinajstić information content (AvgIpc) is 2.61. The number of hydrogen-bond donors (Lipinski definition) is 2. The van der Waals surface area contributed by atoms with Gasteiger partial charge in [-0.1, -0.05) is 13.8 Å². The summed E-state index contributed by atoms with van der Waals surface area (Å²) < 4.78 is 10.9. The molecule has 1 aliphatic rings. The lowest BCUT2D eigenvalue weighted by atomic mass is 10.0. The second kappa shape index (κ2) is 14.3. The van der Waals surface area contributed by atoms with Gasteiger partial charge in [0, 0.05) is 45.4 Å². The molecular formula is C19H40N4O2. The van der Waals surface area contributed by atoms with E-state index in [0.29, 0.717) is 12.0 Å². The Bertz CT molecular complexity index is 344. The molecule has 0 spiro atoms. The molecule has 0 saturated carbocycles. The molecule has 0 aromatic heterocycles. The van der Waals surface area contributed by atoms with Crippen LogP contribution in [0.15, 0.2) is 4.99 Å². The van der Waals surface area contributed by atoms with Gasteiger partial charge in [-0.15, -0.1) is 0 Å². The Balaban J connectivity index is 2.46. The van der Waals surface area contributed by atoms with E-state index in [1.54, 1.807) is 0 Å². The van der Waals surface area contributed by atoms with E-state index in [0.717, 1.165) is 78.0 Å². The molecule has 25 heavy (non-hydrogen) atoms. The quantitative estimate of drug-likeness (QED) is 0.319. The van der Waals surface area contributed by atoms with Crippen molar-refractivity contribution in [3.63, 3.8) is 0 Å². The first-order chi connectivity index (χ1) is 12.2. The van der Waals surface area contributed by atoms with Crippen LogP contribution in [0, 0.1) is 5.92 Å². The zero-order valence-electron chi connectivity index (χ0n) is 16.9. The molecular weight excluding hydrogens is 316 g/mol. The number of morpholine rings is 1. The Labute approximate surface area is 154 Å². The molecule has 1 rings (SSSR count). The van der Waals surface area contributed by atoms with Gasteiger partial charge in [0.2, 0.25) is 0 Å². The second-order valence-electron chi connectivity index (χ2n) is 6.98. The number of guanidine groups is 1. The Morgan fingerprint density at radius 1 is 1.16 bits per heavy atom. The van der Waals surface area contributed by atoms with E-state index in [4.69, 9.17) is 14.5 Å². The van der Waals surface area contributed by atoms with Crippen molar-refractivity contribution in [1.29, 1.82) is 0 Å².